The van der Waals surface area contributed by atoms with Crippen molar-refractivity contribution in [2.24, 2.45) is 0 Å². The van der Waals surface area contributed by atoms with Crippen molar-refractivity contribution in [1.29, 1.82) is 0 Å². The Morgan fingerprint density at radius 3 is 2.47 bits per heavy atom. The Morgan fingerprint density at radius 2 is 1.94 bits per heavy atom. The highest BCUT2D eigenvalue weighted by atomic mass is 79.9. The van der Waals surface area contributed by atoms with Crippen LogP contribution in [0.25, 0.3) is 11.5 Å². The number of nitrogens with two attached hydrogens (primary N) is 1. The molecule has 0 saturated heterocycles. The summed E-state index contributed by atoms with van der Waals surface area (Å²) in [4.78, 5) is 8.73. The molecule has 90 valence electrons. The molecule has 2 rings (SSSR count). The first-order valence-electron chi connectivity index (χ1n) is 5.27. The van der Waals surface area contributed by atoms with Crippen molar-refractivity contribution in [2.75, 3.05) is 5.73 Å². The molecule has 0 atom stereocenters. The molecule has 0 radical (unpaired) electrons. The second kappa shape index (κ2) is 4.14. The van der Waals surface area contributed by atoms with Gasteiger partial charge in [0, 0.05) is 11.5 Å². The summed E-state index contributed by atoms with van der Waals surface area (Å²) >= 11 is 3.26. The maximum atomic E-state index is 5.80. The van der Waals surface area contributed by atoms with Crippen LogP contribution >= 0.6 is 15.9 Å². The molecule has 0 bridgehead atoms. The monoisotopic (exact) mass is 295 g/mol. The molecule has 2 aromatic heterocycles. The smallest absolute Gasteiger partial charge is 0.169 e. The second-order valence-electron chi connectivity index (χ2n) is 4.86. The molecule has 2 aromatic rings. The third-order valence-corrected chi connectivity index (χ3v) is 2.67. The van der Waals surface area contributed by atoms with Crippen LogP contribution < -0.4 is 5.73 Å². The van der Waals surface area contributed by atoms with E-state index in [2.05, 4.69) is 25.9 Å². The molecule has 0 unspecified atom stereocenters. The number of rotatable bonds is 1. The van der Waals surface area contributed by atoms with Crippen molar-refractivity contribution in [2.45, 2.75) is 26.2 Å². The van der Waals surface area contributed by atoms with E-state index in [0.29, 0.717) is 27.8 Å². The highest BCUT2D eigenvalue weighted by molar-refractivity contribution is 9.10. The van der Waals surface area contributed by atoms with Gasteiger partial charge in [-0.1, -0.05) is 20.8 Å². The molecule has 0 saturated carbocycles. The lowest BCUT2D eigenvalue weighted by Gasteiger charge is -2.17. The number of hydrogen-bond acceptors (Lipinski definition) is 4. The fourth-order valence-corrected chi connectivity index (χ4v) is 1.69. The van der Waals surface area contributed by atoms with Gasteiger partial charge < -0.3 is 10.2 Å². The Balaban J connectivity index is 2.52. The summed E-state index contributed by atoms with van der Waals surface area (Å²) in [5.74, 6) is 1.84. The van der Waals surface area contributed by atoms with Crippen LogP contribution in [0.5, 0.6) is 0 Å². The van der Waals surface area contributed by atoms with Gasteiger partial charge in [0.2, 0.25) is 0 Å². The molecule has 0 fully saturated rings. The predicted molar refractivity (Wildman–Crippen MR) is 70.5 cm³/mol. The van der Waals surface area contributed by atoms with Crippen molar-refractivity contribution >= 4 is 21.7 Å². The molecule has 0 spiro atoms. The minimum atomic E-state index is -0.145. The van der Waals surface area contributed by atoms with Gasteiger partial charge in [0.1, 0.15) is 17.3 Å². The molecule has 4 nitrogen and oxygen atoms in total. The lowest BCUT2D eigenvalue weighted by molar-refractivity contribution is 0.536. The zero-order valence-electron chi connectivity index (χ0n) is 9.99. The maximum absolute atomic E-state index is 5.80. The topological polar surface area (TPSA) is 64.9 Å². The quantitative estimate of drug-likeness (QED) is 0.876. The van der Waals surface area contributed by atoms with Gasteiger partial charge in [0.05, 0.1) is 0 Å². The summed E-state index contributed by atoms with van der Waals surface area (Å²) in [5, 5.41) is 0. The number of nitrogens with zero attached hydrogens (tertiary/aromatic N) is 2. The zero-order valence-corrected chi connectivity index (χ0v) is 11.6. The fourth-order valence-electron chi connectivity index (χ4n) is 1.38. The highest BCUT2D eigenvalue weighted by Crippen LogP contribution is 2.27. The molecule has 0 aliphatic heterocycles. The zero-order chi connectivity index (χ0) is 12.6. The Kier molecular flexibility index (Phi) is 2.95. The van der Waals surface area contributed by atoms with Crippen LogP contribution in [0.2, 0.25) is 0 Å². The van der Waals surface area contributed by atoms with E-state index in [4.69, 9.17) is 10.2 Å². The van der Waals surface area contributed by atoms with Crippen LogP contribution in [0.4, 0.5) is 5.82 Å². The van der Waals surface area contributed by atoms with Crippen LogP contribution in [0.15, 0.2) is 27.3 Å². The van der Waals surface area contributed by atoms with Crippen molar-refractivity contribution < 1.29 is 4.42 Å². The van der Waals surface area contributed by atoms with Crippen LogP contribution in [-0.4, -0.2) is 9.97 Å². The molecular weight excluding hydrogens is 282 g/mol. The predicted octanol–water partition coefficient (Wildman–Crippen LogP) is 3.38. The van der Waals surface area contributed by atoms with E-state index in [0.717, 1.165) is 0 Å². The van der Waals surface area contributed by atoms with Crippen LogP contribution in [0.3, 0.4) is 0 Å². The molecule has 2 N–H and O–H groups in total. The molecule has 17 heavy (non-hydrogen) atoms. The number of aromatic nitrogens is 2. The molecule has 0 aliphatic rings. The Morgan fingerprint density at radius 1 is 1.24 bits per heavy atom. The van der Waals surface area contributed by atoms with Gasteiger partial charge in [-0.25, -0.2) is 9.97 Å². The Labute approximate surface area is 108 Å². The van der Waals surface area contributed by atoms with Gasteiger partial charge in [0.25, 0.3) is 0 Å². The number of furan rings is 1. The van der Waals surface area contributed by atoms with Gasteiger partial charge in [-0.2, -0.15) is 0 Å². The van der Waals surface area contributed by atoms with E-state index in [1.165, 1.54) is 0 Å². The summed E-state index contributed by atoms with van der Waals surface area (Å²) in [6, 6.07) is 5.38. The van der Waals surface area contributed by atoms with Gasteiger partial charge >= 0.3 is 0 Å². The molecule has 5 heteroatoms. The van der Waals surface area contributed by atoms with E-state index in [9.17, 15) is 0 Å². The van der Waals surface area contributed by atoms with Crippen LogP contribution in [-0.2, 0) is 5.41 Å². The molecule has 0 aliphatic carbocycles. The second-order valence-corrected chi connectivity index (χ2v) is 5.64. The van der Waals surface area contributed by atoms with Gasteiger partial charge in [-0.05, 0) is 28.1 Å². The van der Waals surface area contributed by atoms with Crippen molar-refractivity contribution in [3.8, 4) is 11.5 Å². The minimum absolute atomic E-state index is 0.145. The number of hydrogen-bond donors (Lipinski definition) is 1. The highest BCUT2D eigenvalue weighted by Gasteiger charge is 2.19. The number of nitrogen functional groups attached to an aromatic ring is 1. The first kappa shape index (κ1) is 12.1. The maximum Gasteiger partial charge on any atom is 0.169 e. The average Bonchev–Trinajstić information content (AvgIpc) is 2.62. The Hall–Kier alpha value is -1.36. The van der Waals surface area contributed by atoms with Gasteiger partial charge in [-0.15, -0.1) is 0 Å². The van der Waals surface area contributed by atoms with Crippen LogP contribution in [0, 0.1) is 0 Å². The van der Waals surface area contributed by atoms with E-state index in [-0.39, 0.29) is 5.41 Å². The van der Waals surface area contributed by atoms with E-state index < -0.39 is 0 Å². The van der Waals surface area contributed by atoms with Crippen molar-refractivity contribution in [1.82, 2.24) is 9.97 Å². The Bertz CT molecular complexity index is 543. The normalized spacial score (nSPS) is 11.8. The lowest BCUT2D eigenvalue weighted by Crippen LogP contribution is -2.17. The summed E-state index contributed by atoms with van der Waals surface area (Å²) in [6.45, 7) is 6.14. The standard InChI is InChI=1S/C12H14BrN3O/c1-12(2,3)11-15-7(6-10(14)16-11)8-4-5-9(13)17-8/h4-6H,1-3H3,(H2,14,15,16). The van der Waals surface area contributed by atoms with E-state index >= 15 is 0 Å². The molecule has 0 amide bonds. The lowest BCUT2D eigenvalue weighted by atomic mass is 9.95. The summed E-state index contributed by atoms with van der Waals surface area (Å²) in [5.41, 5.74) is 6.35. The van der Waals surface area contributed by atoms with Gasteiger partial charge in [0.15, 0.2) is 10.4 Å². The number of halogens is 1. The summed E-state index contributed by atoms with van der Waals surface area (Å²) in [7, 11) is 0. The van der Waals surface area contributed by atoms with Crippen molar-refractivity contribution in [3.05, 3.63) is 28.7 Å². The summed E-state index contributed by atoms with van der Waals surface area (Å²) < 4.78 is 6.13. The number of anilines is 1. The molecular formula is C12H14BrN3O. The third kappa shape index (κ3) is 2.66. The summed E-state index contributed by atoms with van der Waals surface area (Å²) in [6.07, 6.45) is 0. The van der Waals surface area contributed by atoms with Crippen LogP contribution in [0.1, 0.15) is 26.6 Å². The SMILES string of the molecule is CC(C)(C)c1nc(N)cc(-c2ccc(Br)o2)n1. The molecule has 0 aromatic carbocycles. The third-order valence-electron chi connectivity index (χ3n) is 2.24. The average molecular weight is 296 g/mol. The van der Waals surface area contributed by atoms with Gasteiger partial charge in [-0.3, -0.25) is 0 Å². The first-order valence-corrected chi connectivity index (χ1v) is 6.06. The van der Waals surface area contributed by atoms with Crippen molar-refractivity contribution in [3.63, 3.8) is 0 Å². The minimum Gasteiger partial charge on any atom is -0.448 e. The largest absolute Gasteiger partial charge is 0.448 e. The first-order chi connectivity index (χ1) is 7.86. The van der Waals surface area contributed by atoms with E-state index in [1.807, 2.05) is 32.9 Å². The molecule has 2 heterocycles. The van der Waals surface area contributed by atoms with E-state index in [1.54, 1.807) is 6.07 Å². The fraction of sp³-hybridized carbons (Fsp3) is 0.333.